The molecule has 5 nitrogen and oxygen atoms in total. The van der Waals surface area contributed by atoms with Gasteiger partial charge in [-0.25, -0.2) is 4.98 Å². The SMILES string of the molecule is CCC(=O)NC(C)c1nc2ccccc2n1CCCOc1cc(C)cc(C)c1. The zero-order valence-electron chi connectivity index (χ0n) is 17.2. The van der Waals surface area contributed by atoms with Crippen LogP contribution in [-0.4, -0.2) is 22.1 Å². The van der Waals surface area contributed by atoms with Crippen LogP contribution in [-0.2, 0) is 11.3 Å². The minimum Gasteiger partial charge on any atom is -0.494 e. The Morgan fingerprint density at radius 3 is 2.61 bits per heavy atom. The highest BCUT2D eigenvalue weighted by atomic mass is 16.5. The molecular formula is C23H29N3O2. The molecule has 0 spiro atoms. The molecule has 148 valence electrons. The van der Waals surface area contributed by atoms with Crippen molar-refractivity contribution in [2.75, 3.05) is 6.61 Å². The van der Waals surface area contributed by atoms with Crippen molar-refractivity contribution < 1.29 is 9.53 Å². The van der Waals surface area contributed by atoms with E-state index in [1.165, 1.54) is 11.1 Å². The molecule has 1 N–H and O–H groups in total. The molecule has 3 aromatic rings. The molecule has 0 aliphatic rings. The van der Waals surface area contributed by atoms with Crippen LogP contribution < -0.4 is 10.1 Å². The standard InChI is InChI=1S/C23H29N3O2/c1-5-22(27)24-18(4)23-25-20-9-6-7-10-21(20)26(23)11-8-12-28-19-14-16(2)13-17(3)15-19/h6-7,9-10,13-15,18H,5,8,11-12H2,1-4H3,(H,24,27). The average Bonchev–Trinajstić information content (AvgIpc) is 3.03. The molecule has 1 aromatic heterocycles. The van der Waals surface area contributed by atoms with Crippen LogP contribution in [0.15, 0.2) is 42.5 Å². The van der Waals surface area contributed by atoms with E-state index in [4.69, 9.17) is 9.72 Å². The molecule has 0 aliphatic heterocycles. The van der Waals surface area contributed by atoms with Crippen molar-refractivity contribution in [3.8, 4) is 5.75 Å². The molecule has 0 saturated heterocycles. The van der Waals surface area contributed by atoms with E-state index in [1.54, 1.807) is 0 Å². The summed E-state index contributed by atoms with van der Waals surface area (Å²) in [6.45, 7) is 9.41. The van der Waals surface area contributed by atoms with Crippen molar-refractivity contribution >= 4 is 16.9 Å². The van der Waals surface area contributed by atoms with Crippen molar-refractivity contribution in [3.63, 3.8) is 0 Å². The summed E-state index contributed by atoms with van der Waals surface area (Å²) in [5.74, 6) is 1.83. The number of aryl methyl sites for hydroxylation is 3. The fourth-order valence-corrected chi connectivity index (χ4v) is 3.50. The molecule has 2 aromatic carbocycles. The van der Waals surface area contributed by atoms with Gasteiger partial charge in [-0.05, 0) is 62.6 Å². The minimum atomic E-state index is -0.139. The van der Waals surface area contributed by atoms with Crippen molar-refractivity contribution in [2.45, 2.75) is 53.1 Å². The molecule has 0 bridgehead atoms. The average molecular weight is 380 g/mol. The molecule has 0 saturated carbocycles. The topological polar surface area (TPSA) is 56.2 Å². The number of carbonyl (C=O) groups excluding carboxylic acids is 1. The zero-order chi connectivity index (χ0) is 20.1. The summed E-state index contributed by atoms with van der Waals surface area (Å²) in [6.07, 6.45) is 1.32. The van der Waals surface area contributed by atoms with E-state index in [0.717, 1.165) is 35.6 Å². The number of hydrogen-bond acceptors (Lipinski definition) is 3. The van der Waals surface area contributed by atoms with Crippen LogP contribution in [0, 0.1) is 13.8 Å². The number of amides is 1. The number of aromatic nitrogens is 2. The second-order valence-electron chi connectivity index (χ2n) is 7.28. The summed E-state index contributed by atoms with van der Waals surface area (Å²) < 4.78 is 8.15. The number of para-hydroxylation sites is 2. The molecule has 28 heavy (non-hydrogen) atoms. The maximum Gasteiger partial charge on any atom is 0.220 e. The number of hydrogen-bond donors (Lipinski definition) is 1. The first-order valence-corrected chi connectivity index (χ1v) is 9.93. The second kappa shape index (κ2) is 8.91. The summed E-state index contributed by atoms with van der Waals surface area (Å²) >= 11 is 0. The molecule has 0 fully saturated rings. The monoisotopic (exact) mass is 379 g/mol. The third kappa shape index (κ3) is 4.71. The zero-order valence-corrected chi connectivity index (χ0v) is 17.2. The number of nitrogens with zero attached hydrogens (tertiary/aromatic N) is 2. The van der Waals surface area contributed by atoms with Gasteiger partial charge in [-0.3, -0.25) is 4.79 Å². The molecule has 1 heterocycles. The van der Waals surface area contributed by atoms with Gasteiger partial charge in [-0.1, -0.05) is 25.1 Å². The maximum atomic E-state index is 11.8. The lowest BCUT2D eigenvalue weighted by Gasteiger charge is -2.16. The molecular weight excluding hydrogens is 350 g/mol. The molecule has 3 rings (SSSR count). The van der Waals surface area contributed by atoms with Crippen molar-refractivity contribution in [3.05, 3.63) is 59.4 Å². The van der Waals surface area contributed by atoms with Gasteiger partial charge in [-0.2, -0.15) is 0 Å². The first-order valence-electron chi connectivity index (χ1n) is 9.93. The largest absolute Gasteiger partial charge is 0.494 e. The minimum absolute atomic E-state index is 0.0317. The van der Waals surface area contributed by atoms with Crippen LogP contribution in [0.5, 0.6) is 5.75 Å². The summed E-state index contributed by atoms with van der Waals surface area (Å²) in [5, 5.41) is 3.02. The highest BCUT2D eigenvalue weighted by Crippen LogP contribution is 2.22. The second-order valence-corrected chi connectivity index (χ2v) is 7.28. The lowest BCUT2D eigenvalue weighted by atomic mass is 10.1. The maximum absolute atomic E-state index is 11.8. The van der Waals surface area contributed by atoms with E-state index in [1.807, 2.05) is 32.0 Å². The van der Waals surface area contributed by atoms with E-state index >= 15 is 0 Å². The van der Waals surface area contributed by atoms with Gasteiger partial charge >= 0.3 is 0 Å². The van der Waals surface area contributed by atoms with Crippen LogP contribution in [0.2, 0.25) is 0 Å². The fraction of sp³-hybridized carbons (Fsp3) is 0.391. The van der Waals surface area contributed by atoms with Crippen LogP contribution in [0.25, 0.3) is 11.0 Å². The van der Waals surface area contributed by atoms with E-state index in [2.05, 4.69) is 48.0 Å². The first-order chi connectivity index (χ1) is 13.5. The van der Waals surface area contributed by atoms with Gasteiger partial charge in [-0.15, -0.1) is 0 Å². The van der Waals surface area contributed by atoms with Gasteiger partial charge in [0, 0.05) is 13.0 Å². The first kappa shape index (κ1) is 19.9. The van der Waals surface area contributed by atoms with Crippen molar-refractivity contribution in [2.24, 2.45) is 0 Å². The Balaban J connectivity index is 1.72. The van der Waals surface area contributed by atoms with E-state index < -0.39 is 0 Å². The summed E-state index contributed by atoms with van der Waals surface area (Å²) in [7, 11) is 0. The third-order valence-corrected chi connectivity index (χ3v) is 4.76. The van der Waals surface area contributed by atoms with Crippen LogP contribution in [0.1, 0.15) is 49.7 Å². The van der Waals surface area contributed by atoms with E-state index in [9.17, 15) is 4.79 Å². The number of imidazole rings is 1. The normalized spacial score (nSPS) is 12.1. The quantitative estimate of drug-likeness (QED) is 0.577. The molecule has 1 unspecified atom stereocenters. The van der Waals surface area contributed by atoms with E-state index in [0.29, 0.717) is 13.0 Å². The lowest BCUT2D eigenvalue weighted by molar-refractivity contribution is -0.121. The van der Waals surface area contributed by atoms with Gasteiger partial charge in [0.1, 0.15) is 11.6 Å². The highest BCUT2D eigenvalue weighted by molar-refractivity contribution is 5.77. The Morgan fingerprint density at radius 2 is 1.89 bits per heavy atom. The number of fused-ring (bicyclic) bond motifs is 1. The number of ether oxygens (including phenoxy) is 1. The van der Waals surface area contributed by atoms with Gasteiger partial charge in [0.2, 0.25) is 5.91 Å². The van der Waals surface area contributed by atoms with Crippen LogP contribution >= 0.6 is 0 Å². The molecule has 0 radical (unpaired) electrons. The predicted molar refractivity (Wildman–Crippen MR) is 113 cm³/mol. The van der Waals surface area contributed by atoms with Crippen molar-refractivity contribution in [1.29, 1.82) is 0 Å². The van der Waals surface area contributed by atoms with E-state index in [-0.39, 0.29) is 11.9 Å². The Morgan fingerprint density at radius 1 is 1.18 bits per heavy atom. The predicted octanol–water partition coefficient (Wildman–Crippen LogP) is 4.71. The van der Waals surface area contributed by atoms with Gasteiger partial charge in [0.25, 0.3) is 0 Å². The Hall–Kier alpha value is -2.82. The number of rotatable bonds is 8. The summed E-state index contributed by atoms with van der Waals surface area (Å²) in [4.78, 5) is 16.6. The molecule has 1 amide bonds. The Labute approximate surface area is 166 Å². The number of carbonyl (C=O) groups is 1. The number of benzene rings is 2. The Kier molecular flexibility index (Phi) is 6.34. The van der Waals surface area contributed by atoms with Gasteiger partial charge in [0.15, 0.2) is 0 Å². The van der Waals surface area contributed by atoms with Gasteiger partial charge in [0.05, 0.1) is 23.7 Å². The molecule has 0 aliphatic carbocycles. The number of nitrogens with one attached hydrogen (secondary N) is 1. The van der Waals surface area contributed by atoms with Crippen LogP contribution in [0.4, 0.5) is 0 Å². The third-order valence-electron chi connectivity index (χ3n) is 4.76. The van der Waals surface area contributed by atoms with Gasteiger partial charge < -0.3 is 14.6 Å². The molecule has 1 atom stereocenters. The fourth-order valence-electron chi connectivity index (χ4n) is 3.50. The summed E-state index contributed by atoms with van der Waals surface area (Å²) in [5.41, 5.74) is 4.45. The highest BCUT2D eigenvalue weighted by Gasteiger charge is 2.17. The Bertz CT molecular complexity index is 941. The lowest BCUT2D eigenvalue weighted by Crippen LogP contribution is -2.28. The van der Waals surface area contributed by atoms with Crippen molar-refractivity contribution in [1.82, 2.24) is 14.9 Å². The smallest absolute Gasteiger partial charge is 0.220 e. The summed E-state index contributed by atoms with van der Waals surface area (Å²) in [6, 6.07) is 14.2. The molecule has 5 heteroatoms. The van der Waals surface area contributed by atoms with Crippen LogP contribution in [0.3, 0.4) is 0 Å².